The van der Waals surface area contributed by atoms with E-state index in [0.717, 1.165) is 55.7 Å². The maximum Gasteiger partial charge on any atom is 0.175 e. The Bertz CT molecular complexity index is 1030. The van der Waals surface area contributed by atoms with Crippen LogP contribution in [0.3, 0.4) is 0 Å². The van der Waals surface area contributed by atoms with Crippen LogP contribution in [0.1, 0.15) is 30.9 Å². The van der Waals surface area contributed by atoms with Crippen LogP contribution in [0.25, 0.3) is 11.3 Å². The Morgan fingerprint density at radius 2 is 2.07 bits per heavy atom. The second kappa shape index (κ2) is 7.89. The number of fused-ring (bicyclic) bond motifs is 1. The van der Waals surface area contributed by atoms with E-state index < -0.39 is 9.84 Å². The van der Waals surface area contributed by atoms with Crippen molar-refractivity contribution in [2.75, 3.05) is 31.2 Å². The van der Waals surface area contributed by atoms with Gasteiger partial charge in [0.05, 0.1) is 18.1 Å². The smallest absolute Gasteiger partial charge is 0.175 e. The molecule has 2 aliphatic rings. The molecule has 156 valence electrons. The van der Waals surface area contributed by atoms with Crippen molar-refractivity contribution < 1.29 is 18.3 Å². The van der Waals surface area contributed by atoms with Crippen LogP contribution >= 0.6 is 0 Å². The first-order valence-corrected chi connectivity index (χ1v) is 11.7. The third kappa shape index (κ3) is 4.08. The minimum Gasteiger partial charge on any atom is -0.507 e. The van der Waals surface area contributed by atoms with E-state index in [0.29, 0.717) is 30.5 Å². The summed E-state index contributed by atoms with van der Waals surface area (Å²) in [5.41, 5.74) is 2.82. The molecule has 1 atom stereocenters. The molecule has 0 saturated carbocycles. The monoisotopic (exact) mass is 418 g/mol. The molecule has 29 heavy (non-hydrogen) atoms. The van der Waals surface area contributed by atoms with Crippen molar-refractivity contribution in [3.05, 3.63) is 29.3 Å². The van der Waals surface area contributed by atoms with Gasteiger partial charge in [0.1, 0.15) is 11.4 Å². The summed E-state index contributed by atoms with van der Waals surface area (Å²) in [6, 6.07) is 4.61. The predicted octanol–water partition coefficient (Wildman–Crippen LogP) is 2.18. The number of piperidine rings is 1. The van der Waals surface area contributed by atoms with Crippen LogP contribution in [0, 0.1) is 0 Å². The Morgan fingerprint density at radius 3 is 2.79 bits per heavy atom. The molecule has 8 nitrogen and oxygen atoms in total. The molecule has 1 saturated heterocycles. The van der Waals surface area contributed by atoms with Crippen LogP contribution in [0.4, 0.5) is 5.82 Å². The fourth-order valence-corrected chi connectivity index (χ4v) is 4.64. The van der Waals surface area contributed by atoms with Gasteiger partial charge in [-0.15, -0.1) is 10.2 Å². The molecule has 2 aliphatic heterocycles. The number of benzene rings is 1. The average Bonchev–Trinajstić information content (AvgIpc) is 3.18. The van der Waals surface area contributed by atoms with Crippen molar-refractivity contribution in [3.63, 3.8) is 0 Å². The molecule has 3 heterocycles. The van der Waals surface area contributed by atoms with E-state index >= 15 is 0 Å². The normalized spacial score (nSPS) is 19.9. The van der Waals surface area contributed by atoms with Gasteiger partial charge in [-0.05, 0) is 44.1 Å². The fourth-order valence-electron chi connectivity index (χ4n) is 4.00. The minimum atomic E-state index is -3.40. The number of sulfone groups is 1. The molecule has 0 bridgehead atoms. The second-order valence-corrected chi connectivity index (χ2v) is 9.69. The number of nitrogens with zero attached hydrogens (tertiary/aromatic N) is 3. The van der Waals surface area contributed by atoms with Gasteiger partial charge >= 0.3 is 0 Å². The summed E-state index contributed by atoms with van der Waals surface area (Å²) < 4.78 is 29.1. The number of likely N-dealkylation sites (N-methyl/N-ethyl adjacent to an activating group) is 1. The zero-order valence-electron chi connectivity index (χ0n) is 16.7. The summed E-state index contributed by atoms with van der Waals surface area (Å²) >= 11 is 0. The summed E-state index contributed by atoms with van der Waals surface area (Å²) in [6.07, 6.45) is 3.34. The lowest BCUT2D eigenvalue weighted by atomic mass is 10.0. The van der Waals surface area contributed by atoms with E-state index in [-0.39, 0.29) is 10.6 Å². The van der Waals surface area contributed by atoms with Crippen molar-refractivity contribution in [3.8, 4) is 17.0 Å². The van der Waals surface area contributed by atoms with Gasteiger partial charge in [0.2, 0.25) is 0 Å². The molecule has 0 spiro atoms. The molecule has 1 aromatic heterocycles. The van der Waals surface area contributed by atoms with Crippen LogP contribution in [-0.4, -0.2) is 60.6 Å². The number of hydrogen-bond donors (Lipinski definition) is 2. The van der Waals surface area contributed by atoms with Crippen LogP contribution in [0.2, 0.25) is 0 Å². The molecule has 0 radical (unpaired) electrons. The molecule has 9 heteroatoms. The molecular formula is C20H26N4O4S. The number of rotatable bonds is 5. The van der Waals surface area contributed by atoms with Crippen LogP contribution < -0.4 is 5.32 Å². The first-order valence-electron chi connectivity index (χ1n) is 9.85. The first kappa shape index (κ1) is 20.1. The van der Waals surface area contributed by atoms with Gasteiger partial charge in [0.15, 0.2) is 15.7 Å². The molecule has 0 amide bonds. The topological polar surface area (TPSA) is 105 Å². The predicted molar refractivity (Wildman–Crippen MR) is 109 cm³/mol. The maximum absolute atomic E-state index is 11.7. The van der Waals surface area contributed by atoms with Crippen molar-refractivity contribution in [1.82, 2.24) is 15.1 Å². The summed E-state index contributed by atoms with van der Waals surface area (Å²) in [6.45, 7) is 6.13. The Hall–Kier alpha value is -2.23. The number of nitrogens with one attached hydrogen (secondary N) is 1. The Kier molecular flexibility index (Phi) is 5.46. The largest absolute Gasteiger partial charge is 0.507 e. The quantitative estimate of drug-likeness (QED) is 0.761. The lowest BCUT2D eigenvalue weighted by Crippen LogP contribution is -2.42. The minimum absolute atomic E-state index is 0.0654. The standard InChI is InChI=1S/C20H26N4O4S/c1-3-24-8-4-5-13(10-24)21-20-17-12-28-11-16(17)19(22-23-20)15-7-6-14(9-18(15)25)29(2,26)27/h6-7,9,13,25H,3-5,8,10-12H2,1-2H3,(H,21,23)/t13-/m0/s1. The van der Waals surface area contributed by atoms with E-state index in [1.807, 2.05) is 0 Å². The number of ether oxygens (including phenoxy) is 1. The summed E-state index contributed by atoms with van der Waals surface area (Å²) in [7, 11) is -3.40. The number of phenolic OH excluding ortho intramolecular Hbond substituents is 1. The highest BCUT2D eigenvalue weighted by atomic mass is 32.2. The molecule has 4 rings (SSSR count). The number of phenols is 1. The van der Waals surface area contributed by atoms with Gasteiger partial charge in [-0.1, -0.05) is 6.92 Å². The highest BCUT2D eigenvalue weighted by Crippen LogP contribution is 2.37. The molecule has 0 aliphatic carbocycles. The van der Waals surface area contributed by atoms with Gasteiger partial charge in [-0.25, -0.2) is 8.42 Å². The molecule has 1 fully saturated rings. The molecular weight excluding hydrogens is 392 g/mol. The van der Waals surface area contributed by atoms with Gasteiger partial charge in [-0.2, -0.15) is 0 Å². The number of anilines is 1. The van der Waals surface area contributed by atoms with Crippen molar-refractivity contribution in [2.24, 2.45) is 0 Å². The zero-order valence-corrected chi connectivity index (χ0v) is 17.5. The van der Waals surface area contributed by atoms with E-state index in [1.54, 1.807) is 6.07 Å². The Morgan fingerprint density at radius 1 is 1.28 bits per heavy atom. The van der Waals surface area contributed by atoms with E-state index in [4.69, 9.17) is 4.74 Å². The van der Waals surface area contributed by atoms with Crippen LogP contribution in [0.5, 0.6) is 5.75 Å². The first-order chi connectivity index (χ1) is 13.9. The van der Waals surface area contributed by atoms with Crippen molar-refractivity contribution in [2.45, 2.75) is 43.9 Å². The van der Waals surface area contributed by atoms with Gasteiger partial charge in [0, 0.05) is 35.5 Å². The van der Waals surface area contributed by atoms with Crippen LogP contribution in [0.15, 0.2) is 23.1 Å². The summed E-state index contributed by atoms with van der Waals surface area (Å²) in [5.74, 6) is 0.597. The maximum atomic E-state index is 11.7. The van der Waals surface area contributed by atoms with E-state index in [9.17, 15) is 13.5 Å². The number of aromatic hydroxyl groups is 1. The molecule has 1 aromatic carbocycles. The summed E-state index contributed by atoms with van der Waals surface area (Å²) in [5, 5.41) is 22.7. The average molecular weight is 419 g/mol. The number of likely N-dealkylation sites (tertiary alicyclic amines) is 1. The third-order valence-electron chi connectivity index (χ3n) is 5.62. The van der Waals surface area contributed by atoms with Gasteiger partial charge in [0.25, 0.3) is 0 Å². The lowest BCUT2D eigenvalue weighted by molar-refractivity contribution is 0.134. The summed E-state index contributed by atoms with van der Waals surface area (Å²) in [4.78, 5) is 2.48. The van der Waals surface area contributed by atoms with Gasteiger partial charge < -0.3 is 20.1 Å². The second-order valence-electron chi connectivity index (χ2n) is 7.67. The lowest BCUT2D eigenvalue weighted by Gasteiger charge is -2.32. The molecule has 0 unspecified atom stereocenters. The van der Waals surface area contributed by atoms with Crippen molar-refractivity contribution in [1.29, 1.82) is 0 Å². The van der Waals surface area contributed by atoms with Crippen LogP contribution in [-0.2, 0) is 27.8 Å². The zero-order chi connectivity index (χ0) is 20.6. The Labute approximate surface area is 170 Å². The van der Waals surface area contributed by atoms with E-state index in [2.05, 4.69) is 27.3 Å². The third-order valence-corrected chi connectivity index (χ3v) is 6.74. The SMILES string of the molecule is CCN1CCC[C@H](Nc2nnc(-c3ccc(S(C)(=O)=O)cc3O)c3c2COC3)C1. The molecule has 2 aromatic rings. The van der Waals surface area contributed by atoms with E-state index in [1.165, 1.54) is 12.1 Å². The highest BCUT2D eigenvalue weighted by molar-refractivity contribution is 7.90. The Balaban J connectivity index is 1.65. The van der Waals surface area contributed by atoms with Gasteiger partial charge in [-0.3, -0.25) is 0 Å². The molecule has 2 N–H and O–H groups in total. The van der Waals surface area contributed by atoms with Crippen molar-refractivity contribution >= 4 is 15.7 Å². The fraction of sp³-hybridized carbons (Fsp3) is 0.500. The number of hydrogen-bond acceptors (Lipinski definition) is 8. The highest BCUT2D eigenvalue weighted by Gasteiger charge is 2.27. The number of aromatic nitrogens is 2.